The lowest BCUT2D eigenvalue weighted by Crippen LogP contribution is -2.24. The van der Waals surface area contributed by atoms with Crippen LogP contribution < -0.4 is 21.5 Å². The molecule has 44 heavy (non-hydrogen) atoms. The lowest BCUT2D eigenvalue weighted by molar-refractivity contribution is 0.597. The third-order valence-corrected chi connectivity index (χ3v) is 8.65. The molecule has 15 nitrogen and oxygen atoms in total. The summed E-state index contributed by atoms with van der Waals surface area (Å²) in [5.74, 6) is -0.0509. The van der Waals surface area contributed by atoms with Gasteiger partial charge in [-0.25, -0.2) is 23.1 Å². The molecule has 3 aromatic carbocycles. The van der Waals surface area contributed by atoms with Gasteiger partial charge in [-0.2, -0.15) is 13.5 Å². The van der Waals surface area contributed by atoms with Crippen molar-refractivity contribution in [2.75, 3.05) is 10.0 Å². The lowest BCUT2D eigenvalue weighted by atomic mass is 10.3. The van der Waals surface area contributed by atoms with Crippen LogP contribution in [0.1, 0.15) is 5.69 Å². The Morgan fingerprint density at radius 3 is 2.16 bits per heavy atom. The van der Waals surface area contributed by atoms with Crippen LogP contribution in [-0.2, 0) is 20.0 Å². The van der Waals surface area contributed by atoms with Crippen LogP contribution in [0.5, 0.6) is 0 Å². The highest BCUT2D eigenvalue weighted by Crippen LogP contribution is 2.34. The molecule has 224 valence electrons. The fourth-order valence-electron chi connectivity index (χ4n) is 3.91. The minimum absolute atomic E-state index is 0.0255. The van der Waals surface area contributed by atoms with E-state index >= 15 is 0 Å². The SMILES string of the molecule is Cc1c(N=Nc2ccc(S(=O)(=O)N=C(N)N)cc2)c(Nc2ccccc2)nn1-c1ccc(S(=O)(=O)Nc2ccncn2)cc1. The van der Waals surface area contributed by atoms with Crippen LogP contribution in [0, 0.1) is 6.92 Å². The number of nitrogens with two attached hydrogens (primary N) is 2. The van der Waals surface area contributed by atoms with Gasteiger partial charge in [-0.15, -0.1) is 14.6 Å². The zero-order valence-corrected chi connectivity index (χ0v) is 24.6. The first kappa shape index (κ1) is 29.8. The van der Waals surface area contributed by atoms with Gasteiger partial charge in [0.25, 0.3) is 20.0 Å². The van der Waals surface area contributed by atoms with Gasteiger partial charge in [-0.05, 0) is 73.7 Å². The molecule has 0 amide bonds. The van der Waals surface area contributed by atoms with Gasteiger partial charge < -0.3 is 16.8 Å². The highest BCUT2D eigenvalue weighted by molar-refractivity contribution is 7.92. The molecule has 0 spiro atoms. The molecule has 17 heteroatoms. The second-order valence-corrected chi connectivity index (χ2v) is 12.4. The lowest BCUT2D eigenvalue weighted by Gasteiger charge is -2.09. The van der Waals surface area contributed by atoms with Crippen LogP contribution in [-0.4, -0.2) is 42.5 Å². The molecule has 0 aliphatic rings. The highest BCUT2D eigenvalue weighted by atomic mass is 32.2. The summed E-state index contributed by atoms with van der Waals surface area (Å²) >= 11 is 0. The Labute approximate surface area is 252 Å². The van der Waals surface area contributed by atoms with Crippen LogP contribution in [0.2, 0.25) is 0 Å². The normalized spacial score (nSPS) is 11.8. The number of hydrogen-bond acceptors (Lipinski definition) is 10. The molecule has 0 fully saturated rings. The van der Waals surface area contributed by atoms with Gasteiger partial charge in [-0.1, -0.05) is 18.2 Å². The molecule has 0 atom stereocenters. The van der Waals surface area contributed by atoms with Crippen molar-refractivity contribution in [2.24, 2.45) is 26.1 Å². The molecule has 0 radical (unpaired) electrons. The minimum Gasteiger partial charge on any atom is -0.369 e. The number of para-hydroxylation sites is 1. The Morgan fingerprint density at radius 1 is 0.841 bits per heavy atom. The monoisotopic (exact) mass is 631 g/mol. The minimum atomic E-state index is -4.05. The van der Waals surface area contributed by atoms with E-state index in [-0.39, 0.29) is 15.6 Å². The average molecular weight is 632 g/mol. The van der Waals surface area contributed by atoms with Crippen molar-refractivity contribution in [3.05, 3.63) is 103 Å². The molecule has 2 aromatic heterocycles. The molecule has 5 aromatic rings. The summed E-state index contributed by atoms with van der Waals surface area (Å²) in [6, 6.07) is 22.4. The summed E-state index contributed by atoms with van der Waals surface area (Å²) in [6.07, 6.45) is 2.67. The van der Waals surface area contributed by atoms with Crippen LogP contribution in [0.4, 0.5) is 28.7 Å². The molecule has 6 N–H and O–H groups in total. The van der Waals surface area contributed by atoms with Crippen LogP contribution in [0.15, 0.2) is 122 Å². The number of sulfonamides is 2. The maximum Gasteiger partial charge on any atom is 0.285 e. The first-order chi connectivity index (χ1) is 21.0. The second-order valence-electron chi connectivity index (χ2n) is 9.06. The van der Waals surface area contributed by atoms with Gasteiger partial charge in [0.1, 0.15) is 12.1 Å². The molecule has 2 heterocycles. The van der Waals surface area contributed by atoms with E-state index in [0.29, 0.717) is 28.6 Å². The number of anilines is 3. The second kappa shape index (κ2) is 12.3. The van der Waals surface area contributed by atoms with E-state index in [4.69, 9.17) is 11.5 Å². The summed E-state index contributed by atoms with van der Waals surface area (Å²) in [5.41, 5.74) is 13.1. The van der Waals surface area contributed by atoms with E-state index in [1.54, 1.807) is 23.7 Å². The van der Waals surface area contributed by atoms with Gasteiger partial charge >= 0.3 is 0 Å². The fourth-order valence-corrected chi connectivity index (χ4v) is 5.78. The van der Waals surface area contributed by atoms with E-state index in [0.717, 1.165) is 5.69 Å². The molecule has 0 saturated carbocycles. The van der Waals surface area contributed by atoms with Crippen molar-refractivity contribution in [1.29, 1.82) is 0 Å². The third-order valence-electron chi connectivity index (χ3n) is 5.96. The largest absolute Gasteiger partial charge is 0.369 e. The summed E-state index contributed by atoms with van der Waals surface area (Å²) in [5, 5.41) is 16.6. The summed E-state index contributed by atoms with van der Waals surface area (Å²) in [7, 11) is -7.95. The van der Waals surface area contributed by atoms with Crippen LogP contribution in [0.25, 0.3) is 5.69 Å². The smallest absolute Gasteiger partial charge is 0.285 e. The zero-order valence-electron chi connectivity index (χ0n) is 23.0. The Bertz CT molecular complexity index is 2040. The van der Waals surface area contributed by atoms with E-state index < -0.39 is 26.0 Å². The number of benzene rings is 3. The third kappa shape index (κ3) is 6.85. The fraction of sp³-hybridized carbons (Fsp3) is 0.0370. The zero-order chi connectivity index (χ0) is 31.3. The molecule has 0 unspecified atom stereocenters. The molecule has 0 aliphatic carbocycles. The van der Waals surface area contributed by atoms with Crippen molar-refractivity contribution in [3.8, 4) is 5.69 Å². The molecular weight excluding hydrogens is 607 g/mol. The number of nitrogens with zero attached hydrogens (tertiary/aromatic N) is 7. The van der Waals surface area contributed by atoms with Crippen molar-refractivity contribution in [1.82, 2.24) is 19.7 Å². The Hall–Kier alpha value is -5.68. The number of azo groups is 1. The highest BCUT2D eigenvalue weighted by Gasteiger charge is 2.19. The first-order valence-corrected chi connectivity index (χ1v) is 15.6. The Morgan fingerprint density at radius 2 is 1.52 bits per heavy atom. The average Bonchev–Trinajstić information content (AvgIpc) is 3.30. The summed E-state index contributed by atoms with van der Waals surface area (Å²) in [6.45, 7) is 1.78. The topological polar surface area (TPSA) is 225 Å². The molecule has 5 rings (SSSR count). The number of guanidine groups is 1. The summed E-state index contributed by atoms with van der Waals surface area (Å²) in [4.78, 5) is 7.59. The van der Waals surface area contributed by atoms with Gasteiger partial charge in [0.05, 0.1) is 26.9 Å². The maximum atomic E-state index is 12.8. The predicted molar refractivity (Wildman–Crippen MR) is 164 cm³/mol. The molecule has 0 saturated heterocycles. The van der Waals surface area contributed by atoms with E-state index in [1.165, 1.54) is 55.0 Å². The van der Waals surface area contributed by atoms with Gasteiger partial charge in [-0.3, -0.25) is 4.72 Å². The molecule has 0 aliphatic heterocycles. The number of hydrogen-bond donors (Lipinski definition) is 4. The summed E-state index contributed by atoms with van der Waals surface area (Å²) < 4.78 is 57.4. The number of nitrogens with one attached hydrogen (secondary N) is 2. The van der Waals surface area contributed by atoms with Gasteiger partial charge in [0, 0.05) is 11.9 Å². The predicted octanol–water partition coefficient (Wildman–Crippen LogP) is 3.89. The first-order valence-electron chi connectivity index (χ1n) is 12.7. The molecular formula is C27H25N11O4S2. The van der Waals surface area contributed by atoms with Crippen molar-refractivity contribution in [3.63, 3.8) is 0 Å². The van der Waals surface area contributed by atoms with Crippen molar-refractivity contribution < 1.29 is 16.8 Å². The van der Waals surface area contributed by atoms with Gasteiger partial charge in [0.2, 0.25) is 5.96 Å². The van der Waals surface area contributed by atoms with E-state index in [2.05, 4.69) is 39.7 Å². The Balaban J connectivity index is 1.46. The Kier molecular flexibility index (Phi) is 8.32. The van der Waals surface area contributed by atoms with Crippen LogP contribution in [0.3, 0.4) is 0 Å². The quantitative estimate of drug-likeness (QED) is 0.0987. The van der Waals surface area contributed by atoms with Crippen molar-refractivity contribution in [2.45, 2.75) is 16.7 Å². The van der Waals surface area contributed by atoms with E-state index in [1.807, 2.05) is 30.3 Å². The number of aromatic nitrogens is 4. The maximum absolute atomic E-state index is 12.8. The van der Waals surface area contributed by atoms with Crippen molar-refractivity contribution >= 4 is 54.7 Å². The number of rotatable bonds is 10. The van der Waals surface area contributed by atoms with E-state index in [9.17, 15) is 16.8 Å². The van der Waals surface area contributed by atoms with Gasteiger partial charge in [0.15, 0.2) is 11.5 Å². The standard InChI is InChI=1S/C27H25N11O4S2/c1-18-25(34-33-20-7-11-22(12-8-20)44(41,42)37-27(28)29)26(32-19-5-3-2-4-6-19)35-38(18)21-9-13-23(14-10-21)43(39,40)36-24-15-16-30-17-31-24/h2-17H,1H3,(H,32,35)(H4,28,29,37)(H,30,31,36). The molecule has 0 bridgehead atoms. The van der Waals surface area contributed by atoms with Crippen LogP contribution >= 0.6 is 0 Å².